The minimum atomic E-state index is -0.0218. The average molecular weight is 290 g/mol. The molecule has 0 aliphatic heterocycles. The Kier molecular flexibility index (Phi) is 5.12. The van der Waals surface area contributed by atoms with Crippen LogP contribution in [0, 0.1) is 13.8 Å². The molecule has 0 atom stereocenters. The maximum atomic E-state index is 11.7. The van der Waals surface area contributed by atoms with Crippen molar-refractivity contribution in [1.82, 2.24) is 10.3 Å². The summed E-state index contributed by atoms with van der Waals surface area (Å²) in [4.78, 5) is 17.3. The van der Waals surface area contributed by atoms with Crippen LogP contribution in [0.15, 0.2) is 30.3 Å². The van der Waals surface area contributed by atoms with Crippen molar-refractivity contribution in [3.8, 4) is 5.75 Å². The predicted molar refractivity (Wildman–Crippen MR) is 80.0 cm³/mol. The van der Waals surface area contributed by atoms with Crippen LogP contribution in [-0.4, -0.2) is 17.5 Å². The van der Waals surface area contributed by atoms with E-state index in [2.05, 4.69) is 10.3 Å². The second-order valence-corrected chi connectivity index (χ2v) is 5.73. The monoisotopic (exact) mass is 290 g/mol. The molecule has 4 nitrogen and oxygen atoms in total. The first-order chi connectivity index (χ1) is 9.65. The number of benzene rings is 1. The number of ether oxygens (including phenoxy) is 1. The summed E-state index contributed by atoms with van der Waals surface area (Å²) >= 11 is 1.62. The first-order valence-corrected chi connectivity index (χ1v) is 7.34. The van der Waals surface area contributed by atoms with Crippen molar-refractivity contribution in [3.63, 3.8) is 0 Å². The molecule has 106 valence electrons. The van der Waals surface area contributed by atoms with E-state index in [-0.39, 0.29) is 5.91 Å². The fourth-order valence-electron chi connectivity index (χ4n) is 1.66. The van der Waals surface area contributed by atoms with E-state index in [9.17, 15) is 4.79 Å². The number of carbonyl (C=O) groups excluding carboxylic acids is 1. The lowest BCUT2D eigenvalue weighted by Gasteiger charge is -2.06. The highest BCUT2D eigenvalue weighted by Crippen LogP contribution is 2.16. The molecule has 2 aromatic rings. The molecular weight excluding hydrogens is 272 g/mol. The van der Waals surface area contributed by atoms with E-state index in [1.165, 1.54) is 4.88 Å². The van der Waals surface area contributed by atoms with Crippen molar-refractivity contribution in [3.05, 3.63) is 45.9 Å². The van der Waals surface area contributed by atoms with Gasteiger partial charge in [-0.1, -0.05) is 18.2 Å². The largest absolute Gasteiger partial charge is 0.493 e. The first kappa shape index (κ1) is 14.5. The van der Waals surface area contributed by atoms with Gasteiger partial charge in [-0.15, -0.1) is 11.3 Å². The van der Waals surface area contributed by atoms with E-state index in [0.29, 0.717) is 19.6 Å². The number of amides is 1. The zero-order valence-corrected chi connectivity index (χ0v) is 12.5. The molecule has 0 bridgehead atoms. The van der Waals surface area contributed by atoms with Gasteiger partial charge in [0.1, 0.15) is 10.8 Å². The van der Waals surface area contributed by atoms with Crippen LogP contribution in [0.5, 0.6) is 5.75 Å². The lowest BCUT2D eigenvalue weighted by Crippen LogP contribution is -2.24. The number of aromatic nitrogens is 1. The molecule has 0 saturated heterocycles. The topological polar surface area (TPSA) is 51.2 Å². The van der Waals surface area contributed by atoms with E-state index in [0.717, 1.165) is 16.5 Å². The number of rotatable bonds is 6. The summed E-state index contributed by atoms with van der Waals surface area (Å²) in [5.41, 5.74) is 1.03. The summed E-state index contributed by atoms with van der Waals surface area (Å²) < 4.78 is 5.48. The summed E-state index contributed by atoms with van der Waals surface area (Å²) in [5.74, 6) is 0.762. The summed E-state index contributed by atoms with van der Waals surface area (Å²) in [6.07, 6.45) is 0.345. The van der Waals surface area contributed by atoms with Gasteiger partial charge in [-0.3, -0.25) is 4.79 Å². The van der Waals surface area contributed by atoms with Crippen LogP contribution >= 0.6 is 11.3 Å². The van der Waals surface area contributed by atoms with Crippen molar-refractivity contribution >= 4 is 17.2 Å². The highest BCUT2D eigenvalue weighted by molar-refractivity contribution is 7.11. The standard InChI is InChI=1S/C15H18N2O2S/c1-11-12(2)20-15(17-11)10-16-14(18)8-9-19-13-6-4-3-5-7-13/h3-7H,8-10H2,1-2H3,(H,16,18). The van der Waals surface area contributed by atoms with Crippen LogP contribution in [0.2, 0.25) is 0 Å². The van der Waals surface area contributed by atoms with Gasteiger partial charge in [-0.05, 0) is 26.0 Å². The minimum Gasteiger partial charge on any atom is -0.493 e. The van der Waals surface area contributed by atoms with Crippen LogP contribution in [0.3, 0.4) is 0 Å². The second kappa shape index (κ2) is 7.05. The first-order valence-electron chi connectivity index (χ1n) is 6.52. The van der Waals surface area contributed by atoms with Gasteiger partial charge in [-0.2, -0.15) is 0 Å². The maximum Gasteiger partial charge on any atom is 0.223 e. The molecule has 0 radical (unpaired) electrons. The van der Waals surface area contributed by atoms with Gasteiger partial charge in [0.2, 0.25) is 5.91 Å². The molecule has 5 heteroatoms. The molecule has 0 unspecified atom stereocenters. The van der Waals surface area contributed by atoms with E-state index >= 15 is 0 Å². The maximum absolute atomic E-state index is 11.7. The van der Waals surface area contributed by atoms with Gasteiger partial charge in [0.05, 0.1) is 25.3 Å². The summed E-state index contributed by atoms with van der Waals surface area (Å²) in [7, 11) is 0. The molecule has 2 rings (SSSR count). The molecule has 20 heavy (non-hydrogen) atoms. The van der Waals surface area contributed by atoms with Crippen LogP contribution in [0.25, 0.3) is 0 Å². The normalized spacial score (nSPS) is 10.3. The third-order valence-corrected chi connectivity index (χ3v) is 3.92. The van der Waals surface area contributed by atoms with Gasteiger partial charge in [0.25, 0.3) is 0 Å². The quantitative estimate of drug-likeness (QED) is 0.890. The van der Waals surface area contributed by atoms with Crippen molar-refractivity contribution in [2.45, 2.75) is 26.8 Å². The summed E-state index contributed by atoms with van der Waals surface area (Å²) in [6, 6.07) is 9.49. The average Bonchev–Trinajstić information content (AvgIpc) is 2.77. The predicted octanol–water partition coefficient (Wildman–Crippen LogP) is 2.85. The van der Waals surface area contributed by atoms with Gasteiger partial charge < -0.3 is 10.1 Å². The lowest BCUT2D eigenvalue weighted by molar-refractivity contribution is -0.121. The Balaban J connectivity index is 1.68. The fraction of sp³-hybridized carbons (Fsp3) is 0.333. The van der Waals surface area contributed by atoms with Gasteiger partial charge in [0.15, 0.2) is 0 Å². The number of carbonyl (C=O) groups is 1. The van der Waals surface area contributed by atoms with E-state index in [4.69, 9.17) is 4.74 Å². The van der Waals surface area contributed by atoms with Crippen molar-refractivity contribution in [1.29, 1.82) is 0 Å². The number of aryl methyl sites for hydroxylation is 2. The molecule has 0 aliphatic carbocycles. The highest BCUT2D eigenvalue weighted by atomic mass is 32.1. The minimum absolute atomic E-state index is 0.0218. The zero-order valence-electron chi connectivity index (χ0n) is 11.7. The van der Waals surface area contributed by atoms with Gasteiger partial charge >= 0.3 is 0 Å². The number of nitrogens with zero attached hydrogens (tertiary/aromatic N) is 1. The molecule has 1 aromatic heterocycles. The van der Waals surface area contributed by atoms with Crippen LogP contribution in [0.4, 0.5) is 0 Å². The Morgan fingerprint density at radius 3 is 2.70 bits per heavy atom. The molecular formula is C15H18N2O2S. The number of nitrogens with one attached hydrogen (secondary N) is 1. The molecule has 1 amide bonds. The third kappa shape index (κ3) is 4.35. The Bertz CT molecular complexity index is 547. The highest BCUT2D eigenvalue weighted by Gasteiger charge is 2.06. The Morgan fingerprint density at radius 1 is 1.30 bits per heavy atom. The Labute approximate surface area is 122 Å². The second-order valence-electron chi connectivity index (χ2n) is 4.44. The Morgan fingerprint density at radius 2 is 2.05 bits per heavy atom. The molecule has 0 aliphatic rings. The summed E-state index contributed by atoms with van der Waals surface area (Å²) in [6.45, 7) is 4.88. The van der Waals surface area contributed by atoms with Gasteiger partial charge in [-0.25, -0.2) is 4.98 Å². The van der Waals surface area contributed by atoms with Crippen LogP contribution < -0.4 is 10.1 Å². The van der Waals surface area contributed by atoms with Crippen LogP contribution in [0.1, 0.15) is 22.0 Å². The van der Waals surface area contributed by atoms with Crippen molar-refractivity contribution < 1.29 is 9.53 Å². The molecule has 1 aromatic carbocycles. The van der Waals surface area contributed by atoms with E-state index in [1.54, 1.807) is 11.3 Å². The SMILES string of the molecule is Cc1nc(CNC(=O)CCOc2ccccc2)sc1C. The molecule has 1 heterocycles. The number of hydrogen-bond donors (Lipinski definition) is 1. The molecule has 0 saturated carbocycles. The number of para-hydroxylation sites is 1. The van der Waals surface area contributed by atoms with Crippen LogP contribution in [-0.2, 0) is 11.3 Å². The number of thiazole rings is 1. The van der Waals surface area contributed by atoms with E-state index in [1.807, 2.05) is 44.2 Å². The third-order valence-electron chi connectivity index (χ3n) is 2.85. The Hall–Kier alpha value is -1.88. The fourth-order valence-corrected chi connectivity index (χ4v) is 2.53. The van der Waals surface area contributed by atoms with Gasteiger partial charge in [0, 0.05) is 4.88 Å². The van der Waals surface area contributed by atoms with Crippen molar-refractivity contribution in [2.75, 3.05) is 6.61 Å². The molecule has 1 N–H and O–H groups in total. The number of hydrogen-bond acceptors (Lipinski definition) is 4. The zero-order chi connectivity index (χ0) is 14.4. The smallest absolute Gasteiger partial charge is 0.223 e. The lowest BCUT2D eigenvalue weighted by atomic mass is 10.3. The summed E-state index contributed by atoms with van der Waals surface area (Å²) in [5, 5.41) is 3.80. The van der Waals surface area contributed by atoms with E-state index < -0.39 is 0 Å². The molecule has 0 spiro atoms. The van der Waals surface area contributed by atoms with Crippen molar-refractivity contribution in [2.24, 2.45) is 0 Å². The molecule has 0 fully saturated rings.